The number of carbonyl (C=O) groups excluding carboxylic acids is 1. The van der Waals surface area contributed by atoms with Gasteiger partial charge in [-0.05, 0) is 31.2 Å². The maximum absolute atomic E-state index is 12.0. The Bertz CT molecular complexity index is 623. The van der Waals surface area contributed by atoms with E-state index in [1.54, 1.807) is 36.5 Å². The second-order valence-corrected chi connectivity index (χ2v) is 4.21. The van der Waals surface area contributed by atoms with Crippen LogP contribution in [0.2, 0.25) is 0 Å². The number of nitrogens with one attached hydrogen (secondary N) is 1. The van der Waals surface area contributed by atoms with E-state index in [-0.39, 0.29) is 12.7 Å². The molecular formula is C14H12N2O3. The highest BCUT2D eigenvalue weighted by molar-refractivity contribution is 6.04. The molecule has 0 radical (unpaired) electrons. The Balaban J connectivity index is 1.77. The van der Waals surface area contributed by atoms with Crippen LogP contribution in [0, 0.1) is 6.92 Å². The summed E-state index contributed by atoms with van der Waals surface area (Å²) in [6, 6.07) is 8.82. The van der Waals surface area contributed by atoms with Crippen molar-refractivity contribution in [2.24, 2.45) is 0 Å². The predicted octanol–water partition coefficient (Wildman–Crippen LogP) is 2.37. The SMILES string of the molecule is Cc1ccc(C(=O)Nc2ccc3c(c2)OCO3)cn1. The lowest BCUT2D eigenvalue weighted by molar-refractivity contribution is 0.102. The lowest BCUT2D eigenvalue weighted by atomic mass is 10.2. The van der Waals surface area contributed by atoms with Crippen LogP contribution < -0.4 is 14.8 Å². The average Bonchev–Trinajstić information content (AvgIpc) is 2.87. The molecule has 19 heavy (non-hydrogen) atoms. The molecule has 0 saturated carbocycles. The summed E-state index contributed by atoms with van der Waals surface area (Å²) in [6.07, 6.45) is 1.55. The summed E-state index contributed by atoms with van der Waals surface area (Å²) < 4.78 is 10.5. The van der Waals surface area contributed by atoms with Crippen LogP contribution in [-0.2, 0) is 0 Å². The Labute approximate surface area is 110 Å². The zero-order chi connectivity index (χ0) is 13.2. The molecule has 1 aromatic carbocycles. The van der Waals surface area contributed by atoms with Gasteiger partial charge in [-0.1, -0.05) is 0 Å². The first-order valence-electron chi connectivity index (χ1n) is 5.86. The van der Waals surface area contributed by atoms with Gasteiger partial charge in [-0.25, -0.2) is 0 Å². The normalized spacial score (nSPS) is 12.3. The first-order chi connectivity index (χ1) is 9.22. The first-order valence-corrected chi connectivity index (χ1v) is 5.86. The molecule has 0 aliphatic carbocycles. The number of hydrogen-bond acceptors (Lipinski definition) is 4. The van der Waals surface area contributed by atoms with Gasteiger partial charge in [-0.2, -0.15) is 0 Å². The van der Waals surface area contributed by atoms with E-state index in [4.69, 9.17) is 9.47 Å². The smallest absolute Gasteiger partial charge is 0.257 e. The molecular weight excluding hydrogens is 244 g/mol. The van der Waals surface area contributed by atoms with Gasteiger partial charge in [0.1, 0.15) is 0 Å². The molecule has 1 aromatic heterocycles. The Kier molecular flexibility index (Phi) is 2.79. The quantitative estimate of drug-likeness (QED) is 0.896. The van der Waals surface area contributed by atoms with Crippen LogP contribution in [0.25, 0.3) is 0 Å². The van der Waals surface area contributed by atoms with Crippen LogP contribution in [-0.4, -0.2) is 17.7 Å². The Morgan fingerprint density at radius 3 is 2.84 bits per heavy atom. The molecule has 1 amide bonds. The van der Waals surface area contributed by atoms with Crippen LogP contribution >= 0.6 is 0 Å². The van der Waals surface area contributed by atoms with Crippen LogP contribution in [0.1, 0.15) is 16.1 Å². The van der Waals surface area contributed by atoms with E-state index >= 15 is 0 Å². The average molecular weight is 256 g/mol. The highest BCUT2D eigenvalue weighted by Gasteiger charge is 2.14. The molecule has 0 atom stereocenters. The molecule has 96 valence electrons. The van der Waals surface area contributed by atoms with Crippen molar-refractivity contribution in [1.82, 2.24) is 4.98 Å². The second kappa shape index (κ2) is 4.61. The number of benzene rings is 1. The van der Waals surface area contributed by atoms with Crippen LogP contribution in [0.5, 0.6) is 11.5 Å². The summed E-state index contributed by atoms with van der Waals surface area (Å²) in [5.74, 6) is 1.13. The maximum Gasteiger partial charge on any atom is 0.257 e. The molecule has 1 aliphatic rings. The number of aromatic nitrogens is 1. The van der Waals surface area contributed by atoms with Gasteiger partial charge in [0, 0.05) is 23.6 Å². The first kappa shape index (κ1) is 11.5. The molecule has 0 fully saturated rings. The van der Waals surface area contributed by atoms with E-state index in [0.717, 1.165) is 5.69 Å². The minimum atomic E-state index is -0.202. The monoisotopic (exact) mass is 256 g/mol. The number of carbonyl (C=O) groups is 1. The van der Waals surface area contributed by atoms with E-state index in [2.05, 4.69) is 10.3 Å². The Morgan fingerprint density at radius 2 is 2.05 bits per heavy atom. The van der Waals surface area contributed by atoms with E-state index in [0.29, 0.717) is 22.7 Å². The molecule has 2 heterocycles. The number of amides is 1. The van der Waals surface area contributed by atoms with Gasteiger partial charge in [0.15, 0.2) is 11.5 Å². The third-order valence-corrected chi connectivity index (χ3v) is 2.80. The van der Waals surface area contributed by atoms with Crippen molar-refractivity contribution < 1.29 is 14.3 Å². The third-order valence-electron chi connectivity index (χ3n) is 2.80. The number of pyridine rings is 1. The lowest BCUT2D eigenvalue weighted by Crippen LogP contribution is -2.12. The highest BCUT2D eigenvalue weighted by Crippen LogP contribution is 2.34. The zero-order valence-electron chi connectivity index (χ0n) is 10.3. The summed E-state index contributed by atoms with van der Waals surface area (Å²) in [4.78, 5) is 16.1. The molecule has 0 spiro atoms. The Hall–Kier alpha value is -2.56. The summed E-state index contributed by atoms with van der Waals surface area (Å²) in [5.41, 5.74) is 2.05. The Morgan fingerprint density at radius 1 is 1.21 bits per heavy atom. The molecule has 5 heteroatoms. The van der Waals surface area contributed by atoms with E-state index < -0.39 is 0 Å². The molecule has 1 N–H and O–H groups in total. The largest absolute Gasteiger partial charge is 0.454 e. The van der Waals surface area contributed by atoms with Gasteiger partial charge in [0.2, 0.25) is 6.79 Å². The van der Waals surface area contributed by atoms with Crippen molar-refractivity contribution in [1.29, 1.82) is 0 Å². The number of nitrogens with zero attached hydrogens (tertiary/aromatic N) is 1. The van der Waals surface area contributed by atoms with E-state index in [1.807, 2.05) is 6.92 Å². The van der Waals surface area contributed by atoms with Crippen LogP contribution in [0.15, 0.2) is 36.5 Å². The standard InChI is InChI=1S/C14H12N2O3/c1-9-2-3-10(7-15-9)14(17)16-11-4-5-12-13(6-11)19-8-18-12/h2-7H,8H2,1H3,(H,16,17). The van der Waals surface area contributed by atoms with Gasteiger partial charge < -0.3 is 14.8 Å². The number of hydrogen-bond donors (Lipinski definition) is 1. The molecule has 1 aliphatic heterocycles. The summed E-state index contributed by atoms with van der Waals surface area (Å²) in [5, 5.41) is 2.79. The molecule has 0 saturated heterocycles. The summed E-state index contributed by atoms with van der Waals surface area (Å²) >= 11 is 0. The molecule has 0 unspecified atom stereocenters. The predicted molar refractivity (Wildman–Crippen MR) is 69.5 cm³/mol. The van der Waals surface area contributed by atoms with Crippen molar-refractivity contribution in [2.75, 3.05) is 12.1 Å². The number of aryl methyl sites for hydroxylation is 1. The van der Waals surface area contributed by atoms with Crippen molar-refractivity contribution >= 4 is 11.6 Å². The fraction of sp³-hybridized carbons (Fsp3) is 0.143. The highest BCUT2D eigenvalue weighted by atomic mass is 16.7. The van der Waals surface area contributed by atoms with Gasteiger partial charge in [0.05, 0.1) is 5.56 Å². The fourth-order valence-electron chi connectivity index (χ4n) is 1.78. The summed E-state index contributed by atoms with van der Waals surface area (Å²) in [6.45, 7) is 2.09. The molecule has 0 bridgehead atoms. The zero-order valence-corrected chi connectivity index (χ0v) is 10.3. The van der Waals surface area contributed by atoms with Crippen molar-refractivity contribution in [3.8, 4) is 11.5 Å². The minimum Gasteiger partial charge on any atom is -0.454 e. The van der Waals surface area contributed by atoms with Crippen molar-refractivity contribution in [2.45, 2.75) is 6.92 Å². The topological polar surface area (TPSA) is 60.5 Å². The lowest BCUT2D eigenvalue weighted by Gasteiger charge is -2.06. The van der Waals surface area contributed by atoms with Crippen LogP contribution in [0.3, 0.4) is 0 Å². The minimum absolute atomic E-state index is 0.202. The fourth-order valence-corrected chi connectivity index (χ4v) is 1.78. The third kappa shape index (κ3) is 2.35. The van der Waals surface area contributed by atoms with Crippen molar-refractivity contribution in [3.63, 3.8) is 0 Å². The van der Waals surface area contributed by atoms with Gasteiger partial charge in [-0.3, -0.25) is 9.78 Å². The van der Waals surface area contributed by atoms with Gasteiger partial charge in [0.25, 0.3) is 5.91 Å². The number of anilines is 1. The molecule has 2 aromatic rings. The van der Waals surface area contributed by atoms with Crippen molar-refractivity contribution in [3.05, 3.63) is 47.8 Å². The number of fused-ring (bicyclic) bond motifs is 1. The number of rotatable bonds is 2. The molecule has 3 rings (SSSR count). The summed E-state index contributed by atoms with van der Waals surface area (Å²) in [7, 11) is 0. The van der Waals surface area contributed by atoms with E-state index in [1.165, 1.54) is 0 Å². The number of ether oxygens (including phenoxy) is 2. The van der Waals surface area contributed by atoms with Gasteiger partial charge in [-0.15, -0.1) is 0 Å². The van der Waals surface area contributed by atoms with Gasteiger partial charge >= 0.3 is 0 Å². The second-order valence-electron chi connectivity index (χ2n) is 4.21. The van der Waals surface area contributed by atoms with Crippen LogP contribution in [0.4, 0.5) is 5.69 Å². The maximum atomic E-state index is 12.0. The molecule has 5 nitrogen and oxygen atoms in total. The van der Waals surface area contributed by atoms with E-state index in [9.17, 15) is 4.79 Å².